The minimum Gasteiger partial charge on any atom is -0.370 e. The molecule has 0 spiro atoms. The molecule has 1 aliphatic rings. The summed E-state index contributed by atoms with van der Waals surface area (Å²) in [5.41, 5.74) is 11.2. The zero-order valence-electron chi connectivity index (χ0n) is 13.2. The normalized spacial score (nSPS) is 13.8. The summed E-state index contributed by atoms with van der Waals surface area (Å²) in [5.74, 6) is 0.489. The van der Waals surface area contributed by atoms with Gasteiger partial charge in [-0.3, -0.25) is 9.98 Å². The number of aliphatic imine (C=N–C) groups is 1. The van der Waals surface area contributed by atoms with Gasteiger partial charge in [0.2, 0.25) is 0 Å². The highest BCUT2D eigenvalue weighted by Crippen LogP contribution is 2.27. The molecule has 0 unspecified atom stereocenters. The van der Waals surface area contributed by atoms with Gasteiger partial charge in [0.1, 0.15) is 0 Å². The quantitative estimate of drug-likeness (QED) is 0.450. The number of nitrogens with two attached hydrogens (primary N) is 1. The number of halogens is 1. The lowest BCUT2D eigenvalue weighted by molar-refractivity contribution is 0.687. The van der Waals surface area contributed by atoms with Crippen molar-refractivity contribution in [3.05, 3.63) is 59.4 Å². The molecule has 4 nitrogen and oxygen atoms in total. The Kier molecular flexibility index (Phi) is 6.83. The number of fused-ring (bicyclic) bond motifs is 1. The minimum absolute atomic E-state index is 0. The topological polar surface area (TPSA) is 63.3 Å². The molecule has 0 atom stereocenters. The molecule has 0 amide bonds. The van der Waals surface area contributed by atoms with Gasteiger partial charge in [-0.25, -0.2) is 0 Å². The van der Waals surface area contributed by atoms with E-state index >= 15 is 0 Å². The van der Waals surface area contributed by atoms with Crippen LogP contribution in [0, 0.1) is 0 Å². The fourth-order valence-electron chi connectivity index (χ4n) is 2.93. The zero-order valence-corrected chi connectivity index (χ0v) is 15.5. The summed E-state index contributed by atoms with van der Waals surface area (Å²) >= 11 is 0. The lowest BCUT2D eigenvalue weighted by atomic mass is 9.90. The van der Waals surface area contributed by atoms with Crippen LogP contribution in [0.15, 0.2) is 47.7 Å². The monoisotopic (exact) mass is 422 g/mol. The Morgan fingerprint density at radius 1 is 1.17 bits per heavy atom. The SMILES string of the molecule is I.NC(=NCCc1cccnc1)Nc1cccc2c1CCCC2. The number of hydrogen-bond donors (Lipinski definition) is 2. The molecule has 0 saturated heterocycles. The first-order chi connectivity index (χ1) is 10.8. The van der Waals surface area contributed by atoms with Crippen molar-refractivity contribution < 1.29 is 0 Å². The van der Waals surface area contributed by atoms with Crippen LogP contribution in [0.1, 0.15) is 29.5 Å². The fraction of sp³-hybridized carbons (Fsp3) is 0.333. The molecule has 0 aliphatic heterocycles. The molecule has 0 bridgehead atoms. The lowest BCUT2D eigenvalue weighted by Gasteiger charge is -2.19. The van der Waals surface area contributed by atoms with Crippen molar-refractivity contribution >= 4 is 35.6 Å². The summed E-state index contributed by atoms with van der Waals surface area (Å²) in [6.07, 6.45) is 9.33. The molecule has 2 aromatic rings. The molecule has 1 aromatic carbocycles. The number of benzene rings is 1. The van der Waals surface area contributed by atoms with E-state index in [4.69, 9.17) is 5.73 Å². The second-order valence-electron chi connectivity index (χ2n) is 5.65. The molecule has 5 heteroatoms. The Labute approximate surface area is 154 Å². The van der Waals surface area contributed by atoms with Crippen molar-refractivity contribution in [1.82, 2.24) is 4.98 Å². The summed E-state index contributed by atoms with van der Waals surface area (Å²) in [6.45, 7) is 0.666. The van der Waals surface area contributed by atoms with Crippen LogP contribution < -0.4 is 11.1 Å². The molecular formula is C18H23IN4. The van der Waals surface area contributed by atoms with Gasteiger partial charge in [-0.1, -0.05) is 18.2 Å². The van der Waals surface area contributed by atoms with Crippen LogP contribution in [0.25, 0.3) is 0 Å². The number of aromatic nitrogens is 1. The van der Waals surface area contributed by atoms with Crippen LogP contribution in [-0.2, 0) is 19.3 Å². The maximum Gasteiger partial charge on any atom is 0.193 e. The van der Waals surface area contributed by atoms with Crippen LogP contribution in [-0.4, -0.2) is 17.5 Å². The smallest absolute Gasteiger partial charge is 0.193 e. The predicted octanol–water partition coefficient (Wildman–Crippen LogP) is 3.55. The average molecular weight is 422 g/mol. The van der Waals surface area contributed by atoms with Crippen LogP contribution in [0.5, 0.6) is 0 Å². The molecule has 0 radical (unpaired) electrons. The van der Waals surface area contributed by atoms with Crippen LogP contribution in [0.4, 0.5) is 5.69 Å². The van der Waals surface area contributed by atoms with E-state index < -0.39 is 0 Å². The fourth-order valence-corrected chi connectivity index (χ4v) is 2.93. The molecule has 1 aromatic heterocycles. The molecule has 3 N–H and O–H groups in total. The summed E-state index contributed by atoms with van der Waals surface area (Å²) in [4.78, 5) is 8.52. The predicted molar refractivity (Wildman–Crippen MR) is 107 cm³/mol. The molecule has 0 saturated carbocycles. The van der Waals surface area contributed by atoms with Gasteiger partial charge in [0.15, 0.2) is 5.96 Å². The Balaban J connectivity index is 0.00000192. The second-order valence-corrected chi connectivity index (χ2v) is 5.65. The van der Waals surface area contributed by atoms with Crippen molar-refractivity contribution in [2.24, 2.45) is 10.7 Å². The first kappa shape index (κ1) is 17.7. The van der Waals surface area contributed by atoms with E-state index in [-0.39, 0.29) is 24.0 Å². The van der Waals surface area contributed by atoms with E-state index in [1.165, 1.54) is 36.0 Å². The van der Waals surface area contributed by atoms with Gasteiger partial charge < -0.3 is 11.1 Å². The van der Waals surface area contributed by atoms with Gasteiger partial charge in [-0.15, -0.1) is 24.0 Å². The molecule has 0 fully saturated rings. The third kappa shape index (κ3) is 4.92. The van der Waals surface area contributed by atoms with Gasteiger partial charge in [0, 0.05) is 24.6 Å². The number of aryl methyl sites for hydroxylation is 1. The molecular weight excluding hydrogens is 399 g/mol. The maximum atomic E-state index is 6.03. The first-order valence-corrected chi connectivity index (χ1v) is 7.89. The van der Waals surface area contributed by atoms with Gasteiger partial charge in [-0.2, -0.15) is 0 Å². The van der Waals surface area contributed by atoms with Gasteiger partial charge in [-0.05, 0) is 60.9 Å². The molecule has 23 heavy (non-hydrogen) atoms. The number of nitrogens with zero attached hydrogens (tertiary/aromatic N) is 2. The average Bonchev–Trinajstić information content (AvgIpc) is 2.56. The van der Waals surface area contributed by atoms with E-state index in [0.29, 0.717) is 12.5 Å². The van der Waals surface area contributed by atoms with Crippen molar-refractivity contribution in [2.75, 3.05) is 11.9 Å². The third-order valence-corrected chi connectivity index (χ3v) is 4.06. The van der Waals surface area contributed by atoms with E-state index in [9.17, 15) is 0 Å². The Morgan fingerprint density at radius 3 is 2.87 bits per heavy atom. The van der Waals surface area contributed by atoms with E-state index in [1.54, 1.807) is 6.20 Å². The largest absolute Gasteiger partial charge is 0.370 e. The Morgan fingerprint density at radius 2 is 2.04 bits per heavy atom. The number of guanidine groups is 1. The minimum atomic E-state index is 0. The van der Waals surface area contributed by atoms with Gasteiger partial charge in [0.05, 0.1) is 0 Å². The van der Waals surface area contributed by atoms with E-state index in [1.807, 2.05) is 12.3 Å². The molecule has 3 rings (SSSR count). The van der Waals surface area contributed by atoms with Crippen molar-refractivity contribution in [3.8, 4) is 0 Å². The van der Waals surface area contributed by atoms with Crippen LogP contribution in [0.2, 0.25) is 0 Å². The highest BCUT2D eigenvalue weighted by Gasteiger charge is 2.12. The number of hydrogen-bond acceptors (Lipinski definition) is 2. The lowest BCUT2D eigenvalue weighted by Crippen LogP contribution is -2.24. The molecule has 1 aliphatic carbocycles. The summed E-state index contributed by atoms with van der Waals surface area (Å²) in [5, 5.41) is 3.27. The highest BCUT2D eigenvalue weighted by atomic mass is 127. The number of rotatable bonds is 4. The summed E-state index contributed by atoms with van der Waals surface area (Å²) < 4.78 is 0. The molecule has 122 valence electrons. The van der Waals surface area contributed by atoms with Crippen LogP contribution in [0.3, 0.4) is 0 Å². The number of nitrogens with one attached hydrogen (secondary N) is 1. The van der Waals surface area contributed by atoms with Crippen LogP contribution >= 0.6 is 24.0 Å². The first-order valence-electron chi connectivity index (χ1n) is 7.89. The Hall–Kier alpha value is -1.63. The standard InChI is InChI=1S/C18H22N4.HI/c19-18(21-12-10-14-5-4-11-20-13-14)22-17-9-3-7-15-6-1-2-8-16(15)17;/h3-5,7,9,11,13H,1-2,6,8,10,12H2,(H3,19,21,22);1H. The zero-order chi connectivity index (χ0) is 15.2. The van der Waals surface area contributed by atoms with Crippen molar-refractivity contribution in [2.45, 2.75) is 32.1 Å². The molecule has 1 heterocycles. The second kappa shape index (κ2) is 8.86. The van der Waals surface area contributed by atoms with Crippen molar-refractivity contribution in [3.63, 3.8) is 0 Å². The number of pyridine rings is 1. The Bertz CT molecular complexity index is 655. The van der Waals surface area contributed by atoms with E-state index in [0.717, 1.165) is 18.5 Å². The van der Waals surface area contributed by atoms with Gasteiger partial charge >= 0.3 is 0 Å². The van der Waals surface area contributed by atoms with E-state index in [2.05, 4.69) is 39.6 Å². The third-order valence-electron chi connectivity index (χ3n) is 4.06. The van der Waals surface area contributed by atoms with Gasteiger partial charge in [0.25, 0.3) is 0 Å². The summed E-state index contributed by atoms with van der Waals surface area (Å²) in [7, 11) is 0. The van der Waals surface area contributed by atoms with Crippen molar-refractivity contribution in [1.29, 1.82) is 0 Å². The maximum absolute atomic E-state index is 6.03. The number of anilines is 1. The highest BCUT2D eigenvalue weighted by molar-refractivity contribution is 14.0. The summed E-state index contributed by atoms with van der Waals surface area (Å²) in [6, 6.07) is 10.4.